The van der Waals surface area contributed by atoms with Crippen molar-refractivity contribution in [1.29, 1.82) is 0 Å². The van der Waals surface area contributed by atoms with Crippen molar-refractivity contribution in [1.82, 2.24) is 10.2 Å². The van der Waals surface area contributed by atoms with E-state index in [1.165, 1.54) is 0 Å². The molecule has 6 heteroatoms. The molecule has 0 radical (unpaired) electrons. The number of nitrogens with one attached hydrogen (secondary N) is 1. The zero-order valence-corrected chi connectivity index (χ0v) is 16.2. The van der Waals surface area contributed by atoms with Crippen LogP contribution in [-0.2, 0) is 17.8 Å². The first-order chi connectivity index (χ1) is 12.6. The SMILES string of the molecule is O=C(NCCCc1ccco1)C1CCN(Cc2ccc(Cl)cc2Cl)CC1. The van der Waals surface area contributed by atoms with Crippen molar-refractivity contribution in [3.63, 3.8) is 0 Å². The lowest BCUT2D eigenvalue weighted by molar-refractivity contribution is -0.126. The summed E-state index contributed by atoms with van der Waals surface area (Å²) >= 11 is 12.2. The molecule has 1 saturated heterocycles. The van der Waals surface area contributed by atoms with Gasteiger partial charge in [-0.2, -0.15) is 0 Å². The fourth-order valence-electron chi connectivity index (χ4n) is 3.32. The molecule has 3 rings (SSSR count). The Morgan fingerprint density at radius 2 is 2.04 bits per heavy atom. The van der Waals surface area contributed by atoms with Crippen molar-refractivity contribution in [3.8, 4) is 0 Å². The van der Waals surface area contributed by atoms with Gasteiger partial charge >= 0.3 is 0 Å². The van der Waals surface area contributed by atoms with Gasteiger partial charge in [-0.3, -0.25) is 9.69 Å². The van der Waals surface area contributed by atoms with Gasteiger partial charge in [0.05, 0.1) is 6.26 Å². The summed E-state index contributed by atoms with van der Waals surface area (Å²) in [4.78, 5) is 14.7. The van der Waals surface area contributed by atoms with Gasteiger partial charge in [0.25, 0.3) is 0 Å². The van der Waals surface area contributed by atoms with Crippen LogP contribution in [0.2, 0.25) is 10.0 Å². The first-order valence-corrected chi connectivity index (χ1v) is 9.84. The van der Waals surface area contributed by atoms with E-state index in [1.807, 2.05) is 24.3 Å². The van der Waals surface area contributed by atoms with Gasteiger partial charge in [-0.25, -0.2) is 0 Å². The fourth-order valence-corrected chi connectivity index (χ4v) is 3.79. The molecule has 0 spiro atoms. The Kier molecular flexibility index (Phi) is 7.00. The van der Waals surface area contributed by atoms with Crippen LogP contribution in [0.4, 0.5) is 0 Å². The van der Waals surface area contributed by atoms with Gasteiger partial charge in [-0.1, -0.05) is 29.3 Å². The number of carbonyl (C=O) groups is 1. The van der Waals surface area contributed by atoms with Crippen molar-refractivity contribution in [2.75, 3.05) is 19.6 Å². The maximum Gasteiger partial charge on any atom is 0.223 e. The summed E-state index contributed by atoms with van der Waals surface area (Å²) in [5.74, 6) is 1.25. The minimum Gasteiger partial charge on any atom is -0.469 e. The number of carbonyl (C=O) groups excluding carboxylic acids is 1. The predicted octanol–water partition coefficient (Wildman–Crippen LogP) is 4.55. The summed E-state index contributed by atoms with van der Waals surface area (Å²) in [7, 11) is 0. The van der Waals surface area contributed by atoms with E-state index in [4.69, 9.17) is 27.6 Å². The van der Waals surface area contributed by atoms with Crippen LogP contribution in [0.5, 0.6) is 0 Å². The van der Waals surface area contributed by atoms with Gasteiger partial charge in [0.1, 0.15) is 5.76 Å². The summed E-state index contributed by atoms with van der Waals surface area (Å²) in [5, 5.41) is 4.42. The molecule has 2 aromatic rings. The van der Waals surface area contributed by atoms with Crippen LogP contribution in [-0.4, -0.2) is 30.4 Å². The Hall–Kier alpha value is -1.49. The molecule has 4 nitrogen and oxygen atoms in total. The Labute approximate surface area is 164 Å². The second kappa shape index (κ2) is 9.45. The number of nitrogens with zero attached hydrogens (tertiary/aromatic N) is 1. The number of likely N-dealkylation sites (tertiary alicyclic amines) is 1. The van der Waals surface area contributed by atoms with Gasteiger partial charge in [0.2, 0.25) is 5.91 Å². The molecule has 0 aliphatic carbocycles. The number of benzene rings is 1. The zero-order chi connectivity index (χ0) is 18.4. The van der Waals surface area contributed by atoms with E-state index in [9.17, 15) is 4.79 Å². The number of hydrogen-bond donors (Lipinski definition) is 1. The van der Waals surface area contributed by atoms with Crippen LogP contribution in [0.15, 0.2) is 41.0 Å². The van der Waals surface area contributed by atoms with E-state index < -0.39 is 0 Å². The van der Waals surface area contributed by atoms with Crippen LogP contribution < -0.4 is 5.32 Å². The minimum atomic E-state index is 0.107. The van der Waals surface area contributed by atoms with Crippen molar-refractivity contribution >= 4 is 29.1 Å². The third kappa shape index (κ3) is 5.50. The van der Waals surface area contributed by atoms with Gasteiger partial charge in [-0.15, -0.1) is 0 Å². The lowest BCUT2D eigenvalue weighted by atomic mass is 9.95. The molecule has 26 heavy (non-hydrogen) atoms. The van der Waals surface area contributed by atoms with Gasteiger partial charge in [0.15, 0.2) is 0 Å². The fraction of sp³-hybridized carbons (Fsp3) is 0.450. The Morgan fingerprint density at radius 3 is 2.73 bits per heavy atom. The number of hydrogen-bond acceptors (Lipinski definition) is 3. The lowest BCUT2D eigenvalue weighted by Crippen LogP contribution is -2.40. The van der Waals surface area contributed by atoms with E-state index in [2.05, 4.69) is 10.2 Å². The highest BCUT2D eigenvalue weighted by molar-refractivity contribution is 6.35. The van der Waals surface area contributed by atoms with E-state index in [0.717, 1.165) is 56.6 Å². The number of halogens is 2. The molecule has 0 bridgehead atoms. The summed E-state index contributed by atoms with van der Waals surface area (Å²) in [6, 6.07) is 9.47. The Balaban J connectivity index is 1.36. The summed E-state index contributed by atoms with van der Waals surface area (Å²) in [5.41, 5.74) is 1.08. The smallest absolute Gasteiger partial charge is 0.223 e. The number of furan rings is 1. The maximum atomic E-state index is 12.3. The van der Waals surface area contributed by atoms with Crippen LogP contribution in [0, 0.1) is 5.92 Å². The third-order valence-electron chi connectivity index (χ3n) is 4.85. The Morgan fingerprint density at radius 1 is 1.23 bits per heavy atom. The first kappa shape index (κ1) is 19.3. The topological polar surface area (TPSA) is 45.5 Å². The largest absolute Gasteiger partial charge is 0.469 e. The quantitative estimate of drug-likeness (QED) is 0.700. The molecule has 0 unspecified atom stereocenters. The molecular weight excluding hydrogens is 371 g/mol. The van der Waals surface area contributed by atoms with Crippen LogP contribution in [0.3, 0.4) is 0 Å². The van der Waals surface area contributed by atoms with Gasteiger partial charge in [-0.05, 0) is 62.2 Å². The van der Waals surface area contributed by atoms with Gasteiger partial charge in [0, 0.05) is 35.5 Å². The molecule has 2 heterocycles. The van der Waals surface area contributed by atoms with Crippen molar-refractivity contribution in [3.05, 3.63) is 58.0 Å². The molecule has 1 aromatic heterocycles. The standard InChI is InChI=1S/C20H24Cl2N2O2/c21-17-6-5-16(19(22)13-17)14-24-10-7-15(8-11-24)20(25)23-9-1-3-18-4-2-12-26-18/h2,4-6,12-13,15H,1,3,7-11,14H2,(H,23,25). The van der Waals surface area contributed by atoms with E-state index >= 15 is 0 Å². The Bertz CT molecular complexity index is 711. The number of piperidine rings is 1. The second-order valence-corrected chi connectivity index (χ2v) is 7.60. The monoisotopic (exact) mass is 394 g/mol. The van der Waals surface area contributed by atoms with Crippen LogP contribution in [0.25, 0.3) is 0 Å². The zero-order valence-electron chi connectivity index (χ0n) is 14.7. The van der Waals surface area contributed by atoms with Crippen molar-refractivity contribution in [2.45, 2.75) is 32.2 Å². The average Bonchev–Trinajstić information content (AvgIpc) is 3.15. The van der Waals surface area contributed by atoms with Crippen molar-refractivity contribution < 1.29 is 9.21 Å². The molecule has 0 atom stereocenters. The van der Waals surface area contributed by atoms with E-state index in [0.29, 0.717) is 16.6 Å². The van der Waals surface area contributed by atoms with Crippen molar-refractivity contribution in [2.24, 2.45) is 5.92 Å². The molecule has 1 fully saturated rings. The van der Waals surface area contributed by atoms with Crippen LogP contribution >= 0.6 is 23.2 Å². The average molecular weight is 395 g/mol. The molecule has 1 aliphatic rings. The van der Waals surface area contributed by atoms with E-state index in [-0.39, 0.29) is 11.8 Å². The lowest BCUT2D eigenvalue weighted by Gasteiger charge is -2.31. The highest BCUT2D eigenvalue weighted by Gasteiger charge is 2.25. The predicted molar refractivity (Wildman–Crippen MR) is 105 cm³/mol. The molecular formula is C20H24Cl2N2O2. The summed E-state index contributed by atoms with van der Waals surface area (Å²) in [6.45, 7) is 3.31. The van der Waals surface area contributed by atoms with Gasteiger partial charge < -0.3 is 9.73 Å². The summed E-state index contributed by atoms with van der Waals surface area (Å²) < 4.78 is 5.30. The number of aryl methyl sites for hydroxylation is 1. The van der Waals surface area contributed by atoms with Crippen LogP contribution in [0.1, 0.15) is 30.6 Å². The first-order valence-electron chi connectivity index (χ1n) is 9.08. The highest BCUT2D eigenvalue weighted by Crippen LogP contribution is 2.25. The molecule has 1 aliphatic heterocycles. The second-order valence-electron chi connectivity index (χ2n) is 6.76. The maximum absolute atomic E-state index is 12.3. The number of rotatable bonds is 7. The van der Waals surface area contributed by atoms with E-state index in [1.54, 1.807) is 12.3 Å². The third-order valence-corrected chi connectivity index (χ3v) is 5.43. The normalized spacial score (nSPS) is 15.9. The summed E-state index contributed by atoms with van der Waals surface area (Å²) in [6.07, 6.45) is 5.20. The molecule has 0 saturated carbocycles. The minimum absolute atomic E-state index is 0.107. The molecule has 140 valence electrons. The molecule has 1 aromatic carbocycles. The highest BCUT2D eigenvalue weighted by atomic mass is 35.5. The molecule has 1 amide bonds. The molecule has 1 N–H and O–H groups in total. The number of amides is 1.